The van der Waals surface area contributed by atoms with Gasteiger partial charge in [0.25, 0.3) is 0 Å². The molecular weight excluding hydrogens is 442 g/mol. The maximum Gasteiger partial charge on any atom is 0.243 e. The van der Waals surface area contributed by atoms with Gasteiger partial charge in [-0.15, -0.1) is 0 Å². The Labute approximate surface area is 196 Å². The van der Waals surface area contributed by atoms with Crippen molar-refractivity contribution in [2.24, 2.45) is 0 Å². The Kier molecular flexibility index (Phi) is 7.68. The van der Waals surface area contributed by atoms with Crippen LogP contribution < -0.4 is 5.32 Å². The van der Waals surface area contributed by atoms with Gasteiger partial charge in [0.05, 0.1) is 17.5 Å². The van der Waals surface area contributed by atoms with Crippen LogP contribution in [0.1, 0.15) is 32.6 Å². The number of nitrogens with one attached hydrogen (secondary N) is 1. The van der Waals surface area contributed by atoms with E-state index in [1.807, 2.05) is 11.8 Å². The lowest BCUT2D eigenvalue weighted by molar-refractivity contribution is -0.132. The standard InChI is InChI=1S/C23H35N5O4S/c1-19(26-16-14-25(15-17-26)18-22(29)27-10-2-3-11-27)23(30)24-20-6-8-21(9-7-20)33(31,32)28-12-4-5-13-28/h6-9,19H,2-5,10-18H2,1H3,(H,24,30). The largest absolute Gasteiger partial charge is 0.342 e. The van der Waals surface area contributed by atoms with Crippen molar-refractivity contribution in [1.82, 2.24) is 19.0 Å². The Bertz CT molecular complexity index is 932. The van der Waals surface area contributed by atoms with Crippen molar-refractivity contribution in [2.75, 3.05) is 64.2 Å². The van der Waals surface area contributed by atoms with Crippen LogP contribution in [0.3, 0.4) is 0 Å². The minimum atomic E-state index is -3.46. The van der Waals surface area contributed by atoms with Crippen LogP contribution in [0.25, 0.3) is 0 Å². The number of hydrogen-bond acceptors (Lipinski definition) is 6. The first kappa shape index (κ1) is 24.1. The monoisotopic (exact) mass is 477 g/mol. The van der Waals surface area contributed by atoms with Gasteiger partial charge in [0.15, 0.2) is 0 Å². The van der Waals surface area contributed by atoms with E-state index in [2.05, 4.69) is 15.1 Å². The van der Waals surface area contributed by atoms with Crippen molar-refractivity contribution in [3.8, 4) is 0 Å². The molecule has 3 heterocycles. The van der Waals surface area contributed by atoms with Gasteiger partial charge in [0.2, 0.25) is 21.8 Å². The molecule has 3 aliphatic rings. The smallest absolute Gasteiger partial charge is 0.243 e. The second-order valence-corrected chi connectivity index (χ2v) is 11.1. The van der Waals surface area contributed by atoms with E-state index in [9.17, 15) is 18.0 Å². The molecule has 3 fully saturated rings. The van der Waals surface area contributed by atoms with E-state index in [1.54, 1.807) is 24.3 Å². The molecule has 0 radical (unpaired) electrons. The topological polar surface area (TPSA) is 93.3 Å². The molecule has 33 heavy (non-hydrogen) atoms. The van der Waals surface area contributed by atoms with Crippen LogP contribution in [0.5, 0.6) is 0 Å². The Morgan fingerprint density at radius 3 is 2.06 bits per heavy atom. The first-order valence-electron chi connectivity index (χ1n) is 12.0. The first-order valence-corrected chi connectivity index (χ1v) is 13.4. The number of likely N-dealkylation sites (tertiary alicyclic amines) is 1. The Balaban J connectivity index is 1.25. The summed E-state index contributed by atoms with van der Waals surface area (Å²) < 4.78 is 26.8. The summed E-state index contributed by atoms with van der Waals surface area (Å²) in [5, 5.41) is 2.90. The molecule has 0 bridgehead atoms. The molecule has 9 nitrogen and oxygen atoms in total. The molecule has 2 amide bonds. The van der Waals surface area contributed by atoms with Crippen molar-refractivity contribution in [3.05, 3.63) is 24.3 Å². The van der Waals surface area contributed by atoms with Crippen molar-refractivity contribution in [3.63, 3.8) is 0 Å². The zero-order valence-corrected chi connectivity index (χ0v) is 20.2. The van der Waals surface area contributed by atoms with Crippen LogP contribution in [0.2, 0.25) is 0 Å². The second-order valence-electron chi connectivity index (χ2n) is 9.20. The van der Waals surface area contributed by atoms with Crippen LogP contribution in [-0.2, 0) is 19.6 Å². The van der Waals surface area contributed by atoms with Crippen molar-refractivity contribution in [1.29, 1.82) is 0 Å². The SMILES string of the molecule is CC(C(=O)Nc1ccc(S(=O)(=O)N2CCCC2)cc1)N1CCN(CC(=O)N2CCCC2)CC1. The number of nitrogens with zero attached hydrogens (tertiary/aromatic N) is 4. The highest BCUT2D eigenvalue weighted by Crippen LogP contribution is 2.22. The Hall–Kier alpha value is -2.01. The fourth-order valence-corrected chi connectivity index (χ4v) is 6.28. The average molecular weight is 478 g/mol. The molecule has 1 unspecified atom stereocenters. The number of piperazine rings is 1. The molecule has 3 aliphatic heterocycles. The average Bonchev–Trinajstić information content (AvgIpc) is 3.54. The summed E-state index contributed by atoms with van der Waals surface area (Å²) in [6.07, 6.45) is 3.99. The zero-order chi connectivity index (χ0) is 23.4. The van der Waals surface area contributed by atoms with Crippen molar-refractivity contribution < 1.29 is 18.0 Å². The first-order chi connectivity index (χ1) is 15.8. The van der Waals surface area contributed by atoms with Crippen molar-refractivity contribution in [2.45, 2.75) is 43.5 Å². The lowest BCUT2D eigenvalue weighted by Crippen LogP contribution is -2.54. The number of benzene rings is 1. The molecule has 1 aromatic rings. The summed E-state index contributed by atoms with van der Waals surface area (Å²) in [7, 11) is -3.46. The third-order valence-electron chi connectivity index (χ3n) is 6.98. The summed E-state index contributed by atoms with van der Waals surface area (Å²) >= 11 is 0. The summed E-state index contributed by atoms with van der Waals surface area (Å²) in [5.41, 5.74) is 0.585. The minimum Gasteiger partial charge on any atom is -0.342 e. The quantitative estimate of drug-likeness (QED) is 0.631. The van der Waals surface area contributed by atoms with Crippen molar-refractivity contribution >= 4 is 27.5 Å². The number of hydrogen-bond donors (Lipinski definition) is 1. The van der Waals surface area contributed by atoms with E-state index in [1.165, 1.54) is 4.31 Å². The highest BCUT2D eigenvalue weighted by Gasteiger charge is 2.29. The molecule has 4 rings (SSSR count). The molecule has 0 aromatic heterocycles. The van der Waals surface area contributed by atoms with Crippen LogP contribution in [0, 0.1) is 0 Å². The highest BCUT2D eigenvalue weighted by atomic mass is 32.2. The van der Waals surface area contributed by atoms with E-state index in [-0.39, 0.29) is 22.8 Å². The molecule has 3 saturated heterocycles. The van der Waals surface area contributed by atoms with E-state index in [4.69, 9.17) is 0 Å². The third kappa shape index (κ3) is 5.74. The molecule has 0 aliphatic carbocycles. The maximum atomic E-state index is 12.8. The van der Waals surface area contributed by atoms with Gasteiger partial charge in [-0.1, -0.05) is 0 Å². The number of carbonyl (C=O) groups is 2. The van der Waals surface area contributed by atoms with Crippen LogP contribution in [-0.4, -0.2) is 104 Å². The number of carbonyl (C=O) groups excluding carboxylic acids is 2. The maximum absolute atomic E-state index is 12.8. The van der Waals surface area contributed by atoms with Crippen LogP contribution >= 0.6 is 0 Å². The van der Waals surface area contributed by atoms with Gasteiger partial charge in [0.1, 0.15) is 0 Å². The molecule has 1 N–H and O–H groups in total. The van der Waals surface area contributed by atoms with Gasteiger partial charge in [0, 0.05) is 58.0 Å². The molecule has 1 atom stereocenters. The van der Waals surface area contributed by atoms with E-state index >= 15 is 0 Å². The number of rotatable bonds is 7. The molecule has 0 spiro atoms. The van der Waals surface area contributed by atoms with E-state index in [0.29, 0.717) is 25.3 Å². The molecule has 0 saturated carbocycles. The number of sulfonamides is 1. The Morgan fingerprint density at radius 2 is 1.45 bits per heavy atom. The summed E-state index contributed by atoms with van der Waals surface area (Å²) in [6, 6.07) is 6.11. The fourth-order valence-electron chi connectivity index (χ4n) is 4.77. The highest BCUT2D eigenvalue weighted by molar-refractivity contribution is 7.89. The van der Waals surface area contributed by atoms with Crippen LogP contribution in [0.4, 0.5) is 5.69 Å². The molecule has 10 heteroatoms. The zero-order valence-electron chi connectivity index (χ0n) is 19.4. The van der Waals surface area contributed by atoms with E-state index in [0.717, 1.165) is 65.0 Å². The van der Waals surface area contributed by atoms with Gasteiger partial charge in [-0.2, -0.15) is 4.31 Å². The predicted molar refractivity (Wildman–Crippen MR) is 126 cm³/mol. The van der Waals surface area contributed by atoms with Gasteiger partial charge < -0.3 is 10.2 Å². The minimum absolute atomic E-state index is 0.119. The van der Waals surface area contributed by atoms with Gasteiger partial charge in [-0.05, 0) is 56.9 Å². The third-order valence-corrected chi connectivity index (χ3v) is 8.89. The normalized spacial score (nSPS) is 21.9. The van der Waals surface area contributed by atoms with E-state index < -0.39 is 10.0 Å². The number of anilines is 1. The lowest BCUT2D eigenvalue weighted by atomic mass is 10.2. The Morgan fingerprint density at radius 1 is 0.879 bits per heavy atom. The number of amides is 2. The lowest BCUT2D eigenvalue weighted by Gasteiger charge is -2.37. The molecule has 182 valence electrons. The summed E-state index contributed by atoms with van der Waals surface area (Å²) in [5.74, 6) is 0.0914. The fraction of sp³-hybridized carbons (Fsp3) is 0.652. The predicted octanol–water partition coefficient (Wildman–Crippen LogP) is 1.04. The molecular formula is C23H35N5O4S. The molecule has 1 aromatic carbocycles. The van der Waals surface area contributed by atoms with Gasteiger partial charge in [-0.25, -0.2) is 8.42 Å². The van der Waals surface area contributed by atoms with Crippen LogP contribution in [0.15, 0.2) is 29.2 Å². The van der Waals surface area contributed by atoms with Gasteiger partial charge >= 0.3 is 0 Å². The second kappa shape index (κ2) is 10.5. The summed E-state index contributed by atoms with van der Waals surface area (Å²) in [4.78, 5) is 31.6. The van der Waals surface area contributed by atoms with Gasteiger partial charge in [-0.3, -0.25) is 19.4 Å². The summed E-state index contributed by atoms with van der Waals surface area (Å²) in [6.45, 7) is 8.22.